The molecule has 1 aliphatic heterocycles. The molecule has 1 N–H and O–H groups in total. The molecular weight excluding hydrogens is 498 g/mol. The van der Waals surface area contributed by atoms with Crippen molar-refractivity contribution < 1.29 is 21.9 Å². The monoisotopic (exact) mass is 524 g/mol. The zero-order valence-corrected chi connectivity index (χ0v) is 21.5. The minimum absolute atomic E-state index is 0.0616. The summed E-state index contributed by atoms with van der Waals surface area (Å²) in [4.78, 5) is 11.1. The lowest BCUT2D eigenvalue weighted by Gasteiger charge is -2.29. The number of fused-ring (bicyclic) bond motifs is 1. The molecule has 0 radical (unpaired) electrons. The van der Waals surface area contributed by atoms with Crippen molar-refractivity contribution in [1.29, 1.82) is 0 Å². The third-order valence-corrected chi connectivity index (χ3v) is 7.56. The normalized spacial score (nSPS) is 14.2. The number of halogens is 2. The maximum absolute atomic E-state index is 15.2. The second-order valence-electron chi connectivity index (χ2n) is 9.14. The van der Waals surface area contributed by atoms with Crippen LogP contribution in [0.4, 0.5) is 25.8 Å². The summed E-state index contributed by atoms with van der Waals surface area (Å²) >= 11 is 0. The second-order valence-corrected chi connectivity index (χ2v) is 11.1. The van der Waals surface area contributed by atoms with Crippen molar-refractivity contribution in [3.8, 4) is 11.4 Å². The molecule has 1 fully saturated rings. The van der Waals surface area contributed by atoms with E-state index in [-0.39, 0.29) is 21.5 Å². The maximum atomic E-state index is 15.2. The van der Waals surface area contributed by atoms with E-state index < -0.39 is 21.5 Å². The Morgan fingerprint density at radius 2 is 1.78 bits per heavy atom. The van der Waals surface area contributed by atoms with Crippen molar-refractivity contribution in [2.24, 2.45) is 0 Å². The molecule has 0 atom stereocenters. The fourth-order valence-electron chi connectivity index (χ4n) is 4.57. The Hall–Kier alpha value is -3.63. The number of anilines is 3. The summed E-state index contributed by atoms with van der Waals surface area (Å²) in [5.74, 6) is -1.57. The fraction of sp³-hybridized carbons (Fsp3) is 0.259. The van der Waals surface area contributed by atoms with Crippen LogP contribution in [0.1, 0.15) is 11.1 Å². The van der Waals surface area contributed by atoms with Gasteiger partial charge in [-0.15, -0.1) is 0 Å². The summed E-state index contributed by atoms with van der Waals surface area (Å²) in [7, 11) is -3.64. The molecule has 2 aromatic heterocycles. The highest BCUT2D eigenvalue weighted by Gasteiger charge is 2.22. The van der Waals surface area contributed by atoms with Crippen LogP contribution < -0.4 is 10.2 Å². The lowest BCUT2D eigenvalue weighted by Crippen LogP contribution is -2.36. The molecular formula is C27H26F2N4O3S. The third kappa shape index (κ3) is 4.99. The van der Waals surface area contributed by atoms with E-state index in [1.165, 1.54) is 0 Å². The molecule has 0 aliphatic carbocycles. The summed E-state index contributed by atoms with van der Waals surface area (Å²) in [5, 5.41) is 3.25. The van der Waals surface area contributed by atoms with Gasteiger partial charge < -0.3 is 15.0 Å². The van der Waals surface area contributed by atoms with Crippen molar-refractivity contribution in [3.05, 3.63) is 71.4 Å². The Labute approximate surface area is 214 Å². The smallest absolute Gasteiger partial charge is 0.177 e. The number of hydrogen-bond acceptors (Lipinski definition) is 7. The van der Waals surface area contributed by atoms with Crippen LogP contribution in [-0.2, 0) is 14.6 Å². The number of pyridine rings is 2. The minimum atomic E-state index is -3.64. The summed E-state index contributed by atoms with van der Waals surface area (Å²) in [6.45, 7) is 6.11. The molecule has 1 saturated heterocycles. The highest BCUT2D eigenvalue weighted by atomic mass is 32.2. The Morgan fingerprint density at radius 1 is 1.03 bits per heavy atom. The summed E-state index contributed by atoms with van der Waals surface area (Å²) < 4.78 is 60.3. The predicted molar refractivity (Wildman–Crippen MR) is 140 cm³/mol. The van der Waals surface area contributed by atoms with Crippen LogP contribution in [0.15, 0.2) is 53.6 Å². The van der Waals surface area contributed by atoms with Crippen molar-refractivity contribution >= 4 is 37.8 Å². The standard InChI is InChI=1S/C27H26F2N4O3S/c1-16-6-7-30-23(12-16)26-17(2)27(25-20(29)13-18(28)14-22(25)32-26)31-21-15-19(33-8-10-36-11-9-33)4-5-24(21)37(3,34)35/h4-7,12-15H,8-11H2,1-3H3,(H,31,32). The number of hydrogen-bond donors (Lipinski definition) is 1. The van der Waals surface area contributed by atoms with Gasteiger partial charge in [0.15, 0.2) is 9.84 Å². The molecule has 5 rings (SSSR count). The average molecular weight is 525 g/mol. The van der Waals surface area contributed by atoms with Gasteiger partial charge in [-0.1, -0.05) is 0 Å². The number of nitrogens with one attached hydrogen (secondary N) is 1. The van der Waals surface area contributed by atoms with E-state index in [4.69, 9.17) is 4.74 Å². The van der Waals surface area contributed by atoms with Gasteiger partial charge >= 0.3 is 0 Å². The van der Waals surface area contributed by atoms with E-state index in [1.807, 2.05) is 19.1 Å². The van der Waals surface area contributed by atoms with Gasteiger partial charge in [0.25, 0.3) is 0 Å². The molecule has 3 heterocycles. The molecule has 10 heteroatoms. The molecule has 0 unspecified atom stereocenters. The first-order valence-corrected chi connectivity index (χ1v) is 13.7. The first-order valence-electron chi connectivity index (χ1n) is 11.8. The summed E-state index contributed by atoms with van der Waals surface area (Å²) in [6.07, 6.45) is 2.76. The Balaban J connectivity index is 1.74. The number of aromatic nitrogens is 2. The van der Waals surface area contributed by atoms with E-state index in [0.717, 1.165) is 29.6 Å². The van der Waals surface area contributed by atoms with Crippen LogP contribution in [0.25, 0.3) is 22.3 Å². The average Bonchev–Trinajstić information content (AvgIpc) is 2.85. The van der Waals surface area contributed by atoms with E-state index in [9.17, 15) is 12.8 Å². The van der Waals surface area contributed by atoms with Gasteiger partial charge in [0.05, 0.1) is 51.8 Å². The van der Waals surface area contributed by atoms with Crippen LogP contribution in [0.3, 0.4) is 0 Å². The van der Waals surface area contributed by atoms with E-state index in [0.29, 0.717) is 48.9 Å². The quantitative estimate of drug-likeness (QED) is 0.385. The highest BCUT2D eigenvalue weighted by Crippen LogP contribution is 2.39. The Kier molecular flexibility index (Phi) is 6.55. The van der Waals surface area contributed by atoms with Gasteiger partial charge in [-0.3, -0.25) is 4.98 Å². The van der Waals surface area contributed by atoms with Crippen LogP contribution in [0.2, 0.25) is 0 Å². The Bertz CT molecular complexity index is 1620. The summed E-state index contributed by atoms with van der Waals surface area (Å²) in [6, 6.07) is 10.7. The van der Waals surface area contributed by atoms with Crippen molar-refractivity contribution in [2.45, 2.75) is 18.7 Å². The first kappa shape index (κ1) is 25.0. The lowest BCUT2D eigenvalue weighted by atomic mass is 10.0. The van der Waals surface area contributed by atoms with Gasteiger partial charge in [-0.2, -0.15) is 0 Å². The molecule has 192 valence electrons. The Morgan fingerprint density at radius 3 is 2.49 bits per heavy atom. The van der Waals surface area contributed by atoms with Gasteiger partial charge in [0.2, 0.25) is 0 Å². The SMILES string of the molecule is Cc1ccnc(-c2nc3cc(F)cc(F)c3c(Nc3cc(N4CCOCC4)ccc3S(C)(=O)=O)c2C)c1. The molecule has 0 saturated carbocycles. The fourth-order valence-corrected chi connectivity index (χ4v) is 5.39. The van der Waals surface area contributed by atoms with Gasteiger partial charge in [-0.25, -0.2) is 22.2 Å². The highest BCUT2D eigenvalue weighted by molar-refractivity contribution is 7.90. The number of nitrogens with zero attached hydrogens (tertiary/aromatic N) is 3. The number of rotatable bonds is 5. The second kappa shape index (κ2) is 9.68. The lowest BCUT2D eigenvalue weighted by molar-refractivity contribution is 0.122. The van der Waals surface area contributed by atoms with Crippen molar-refractivity contribution in [3.63, 3.8) is 0 Å². The van der Waals surface area contributed by atoms with Crippen molar-refractivity contribution in [1.82, 2.24) is 9.97 Å². The van der Waals surface area contributed by atoms with Gasteiger partial charge in [0.1, 0.15) is 11.6 Å². The summed E-state index contributed by atoms with van der Waals surface area (Å²) in [5.41, 5.74) is 3.96. The third-order valence-electron chi connectivity index (χ3n) is 6.40. The van der Waals surface area contributed by atoms with Gasteiger partial charge in [0, 0.05) is 48.9 Å². The first-order chi connectivity index (χ1) is 17.6. The largest absolute Gasteiger partial charge is 0.378 e. The van der Waals surface area contributed by atoms with Crippen LogP contribution in [-0.4, -0.2) is 50.9 Å². The molecule has 0 bridgehead atoms. The number of ether oxygens (including phenoxy) is 1. The van der Waals surface area contributed by atoms with Crippen molar-refractivity contribution in [2.75, 3.05) is 42.8 Å². The molecule has 0 amide bonds. The van der Waals surface area contributed by atoms with Gasteiger partial charge in [-0.05, 0) is 49.7 Å². The maximum Gasteiger partial charge on any atom is 0.177 e. The molecule has 1 aliphatic rings. The number of sulfone groups is 1. The zero-order valence-electron chi connectivity index (χ0n) is 20.7. The molecule has 4 aromatic rings. The topological polar surface area (TPSA) is 84.4 Å². The molecule has 7 nitrogen and oxygen atoms in total. The van der Waals surface area contributed by atoms with E-state index >= 15 is 4.39 Å². The zero-order chi connectivity index (χ0) is 26.3. The van der Waals surface area contributed by atoms with Crippen LogP contribution in [0.5, 0.6) is 0 Å². The predicted octanol–water partition coefficient (Wildman–Crippen LogP) is 5.18. The van der Waals surface area contributed by atoms with E-state index in [1.54, 1.807) is 31.3 Å². The van der Waals surface area contributed by atoms with Crippen LogP contribution >= 0.6 is 0 Å². The molecule has 37 heavy (non-hydrogen) atoms. The number of benzene rings is 2. The molecule has 0 spiro atoms. The molecule has 2 aromatic carbocycles. The van der Waals surface area contributed by atoms with Crippen LogP contribution in [0, 0.1) is 25.5 Å². The minimum Gasteiger partial charge on any atom is -0.378 e. The van der Waals surface area contributed by atoms with E-state index in [2.05, 4.69) is 20.2 Å². The number of aryl methyl sites for hydroxylation is 1. The number of morpholine rings is 1.